The quantitative estimate of drug-likeness (QED) is 0.710. The summed E-state index contributed by atoms with van der Waals surface area (Å²) in [5.41, 5.74) is 1.89. The topological polar surface area (TPSA) is 95.9 Å². The van der Waals surface area contributed by atoms with Crippen LogP contribution in [0.5, 0.6) is 5.75 Å². The molecule has 18 heavy (non-hydrogen) atoms. The summed E-state index contributed by atoms with van der Waals surface area (Å²) in [6.07, 6.45) is 0.370. The van der Waals surface area contributed by atoms with Crippen LogP contribution in [-0.4, -0.2) is 34.8 Å². The third-order valence-electron chi connectivity index (χ3n) is 2.80. The van der Waals surface area contributed by atoms with Gasteiger partial charge < -0.3 is 20.3 Å². The van der Waals surface area contributed by atoms with Gasteiger partial charge in [-0.3, -0.25) is 4.79 Å². The molecule has 0 radical (unpaired) electrons. The number of fused-ring (bicyclic) bond motifs is 1. The van der Waals surface area contributed by atoms with Crippen LogP contribution in [0.3, 0.4) is 0 Å². The maximum atomic E-state index is 10.9. The highest BCUT2D eigenvalue weighted by molar-refractivity contribution is 5.74. The Morgan fingerprint density at radius 2 is 2.11 bits per heavy atom. The van der Waals surface area contributed by atoms with Crippen molar-refractivity contribution >= 4 is 11.9 Å². The molecule has 96 valence electrons. The van der Waals surface area contributed by atoms with E-state index in [1.807, 2.05) is 6.07 Å². The third kappa shape index (κ3) is 2.78. The van der Waals surface area contributed by atoms with E-state index in [2.05, 4.69) is 5.32 Å². The molecule has 6 nitrogen and oxygen atoms in total. The lowest BCUT2D eigenvalue weighted by molar-refractivity contribution is -0.140. The maximum Gasteiger partial charge on any atom is 0.341 e. The van der Waals surface area contributed by atoms with Crippen molar-refractivity contribution in [2.75, 3.05) is 6.61 Å². The summed E-state index contributed by atoms with van der Waals surface area (Å²) in [5.74, 6) is -1.49. The van der Waals surface area contributed by atoms with E-state index in [0.717, 1.165) is 11.1 Å². The molecule has 0 aromatic heterocycles. The zero-order valence-electron chi connectivity index (χ0n) is 9.55. The monoisotopic (exact) mass is 251 g/mol. The van der Waals surface area contributed by atoms with Crippen molar-refractivity contribution in [2.24, 2.45) is 0 Å². The van der Waals surface area contributed by atoms with Gasteiger partial charge in [0.25, 0.3) is 0 Å². The van der Waals surface area contributed by atoms with Crippen molar-refractivity contribution in [1.82, 2.24) is 5.32 Å². The summed E-state index contributed by atoms with van der Waals surface area (Å²) in [6.45, 7) is 0.0882. The second-order valence-electron chi connectivity index (χ2n) is 4.09. The Balaban J connectivity index is 2.13. The third-order valence-corrected chi connectivity index (χ3v) is 2.80. The molecule has 1 heterocycles. The van der Waals surface area contributed by atoms with Gasteiger partial charge in [-0.25, -0.2) is 4.79 Å². The van der Waals surface area contributed by atoms with Gasteiger partial charge in [0, 0.05) is 6.54 Å². The molecule has 0 bridgehead atoms. The Morgan fingerprint density at radius 1 is 1.33 bits per heavy atom. The number of hydrogen-bond donors (Lipinski definition) is 3. The summed E-state index contributed by atoms with van der Waals surface area (Å²) in [4.78, 5) is 21.3. The number of hydrogen-bond acceptors (Lipinski definition) is 4. The first-order chi connectivity index (χ1) is 8.56. The molecular weight excluding hydrogens is 238 g/mol. The molecular formula is C12H13NO5. The molecule has 1 unspecified atom stereocenters. The van der Waals surface area contributed by atoms with Crippen LogP contribution in [0.15, 0.2) is 18.2 Å². The van der Waals surface area contributed by atoms with Gasteiger partial charge in [-0.05, 0) is 29.7 Å². The molecule has 2 rings (SSSR count). The Morgan fingerprint density at radius 3 is 2.78 bits per heavy atom. The normalized spacial score (nSPS) is 17.9. The van der Waals surface area contributed by atoms with E-state index in [1.54, 1.807) is 12.1 Å². The van der Waals surface area contributed by atoms with Crippen molar-refractivity contribution in [2.45, 2.75) is 19.0 Å². The number of nitrogens with one attached hydrogen (secondary N) is 1. The second kappa shape index (κ2) is 5.05. The van der Waals surface area contributed by atoms with Gasteiger partial charge in [0.05, 0.1) is 0 Å². The lowest BCUT2D eigenvalue weighted by atomic mass is 9.95. The fourth-order valence-electron chi connectivity index (χ4n) is 1.90. The Kier molecular flexibility index (Phi) is 3.47. The number of benzene rings is 1. The molecule has 0 saturated carbocycles. The molecule has 0 aliphatic carbocycles. The minimum absolute atomic E-state index is 0.370. The summed E-state index contributed by atoms with van der Waals surface area (Å²) in [6, 6.07) is 4.60. The first-order valence-electron chi connectivity index (χ1n) is 5.49. The summed E-state index contributed by atoms with van der Waals surface area (Å²) >= 11 is 0. The van der Waals surface area contributed by atoms with Gasteiger partial charge in [-0.2, -0.15) is 0 Å². The van der Waals surface area contributed by atoms with Crippen LogP contribution < -0.4 is 10.1 Å². The predicted molar refractivity (Wildman–Crippen MR) is 61.5 cm³/mol. The van der Waals surface area contributed by atoms with Gasteiger partial charge in [0.2, 0.25) is 0 Å². The molecule has 1 aliphatic heterocycles. The van der Waals surface area contributed by atoms with Gasteiger partial charge in [0.1, 0.15) is 11.8 Å². The van der Waals surface area contributed by atoms with E-state index in [0.29, 0.717) is 18.7 Å². The number of carboxylic acids is 2. The van der Waals surface area contributed by atoms with Gasteiger partial charge in [0.15, 0.2) is 6.61 Å². The maximum absolute atomic E-state index is 10.9. The number of carboxylic acid groups (broad SMARTS) is 2. The van der Waals surface area contributed by atoms with Crippen LogP contribution in [0.1, 0.15) is 11.1 Å². The lowest BCUT2D eigenvalue weighted by Gasteiger charge is -2.23. The summed E-state index contributed by atoms with van der Waals surface area (Å²) in [5, 5.41) is 20.4. The largest absolute Gasteiger partial charge is 0.482 e. The molecule has 1 aliphatic rings. The van der Waals surface area contributed by atoms with Crippen molar-refractivity contribution in [3.63, 3.8) is 0 Å². The lowest BCUT2D eigenvalue weighted by Crippen LogP contribution is -2.41. The van der Waals surface area contributed by atoms with Gasteiger partial charge >= 0.3 is 11.9 Å². The highest BCUT2D eigenvalue weighted by Gasteiger charge is 2.23. The zero-order chi connectivity index (χ0) is 13.1. The standard InChI is InChI=1S/C12H13NO5/c14-11(15)6-18-9-2-1-7-5-13-10(12(16)17)4-8(7)3-9/h1-3,10,13H,4-6H2,(H,14,15)(H,16,17). The van der Waals surface area contributed by atoms with E-state index in [9.17, 15) is 9.59 Å². The number of rotatable bonds is 4. The second-order valence-corrected chi connectivity index (χ2v) is 4.09. The molecule has 0 fully saturated rings. The SMILES string of the molecule is O=C(O)COc1ccc2c(c1)CC(C(=O)O)NC2. The molecule has 0 spiro atoms. The Labute approximate surface area is 103 Å². The minimum atomic E-state index is -1.04. The van der Waals surface area contributed by atoms with Gasteiger partial charge in [-0.1, -0.05) is 6.07 Å². The van der Waals surface area contributed by atoms with Crippen LogP contribution in [-0.2, 0) is 22.6 Å². The molecule has 0 amide bonds. The van der Waals surface area contributed by atoms with Crippen LogP contribution in [0, 0.1) is 0 Å². The van der Waals surface area contributed by atoms with Crippen molar-refractivity contribution in [3.8, 4) is 5.75 Å². The zero-order valence-corrected chi connectivity index (χ0v) is 9.55. The van der Waals surface area contributed by atoms with Gasteiger partial charge in [-0.15, -0.1) is 0 Å². The minimum Gasteiger partial charge on any atom is -0.482 e. The fourth-order valence-corrected chi connectivity index (χ4v) is 1.90. The van der Waals surface area contributed by atoms with Crippen LogP contribution in [0.25, 0.3) is 0 Å². The predicted octanol–water partition coefficient (Wildman–Crippen LogP) is 0.249. The summed E-state index contributed by atoms with van der Waals surface area (Å²) in [7, 11) is 0. The van der Waals surface area contributed by atoms with Crippen LogP contribution >= 0.6 is 0 Å². The van der Waals surface area contributed by atoms with E-state index in [4.69, 9.17) is 14.9 Å². The molecule has 1 aromatic rings. The van der Waals surface area contributed by atoms with E-state index in [-0.39, 0.29) is 0 Å². The smallest absolute Gasteiger partial charge is 0.341 e. The fraction of sp³-hybridized carbons (Fsp3) is 0.333. The van der Waals surface area contributed by atoms with E-state index >= 15 is 0 Å². The number of aliphatic carboxylic acids is 2. The van der Waals surface area contributed by atoms with Crippen molar-refractivity contribution in [1.29, 1.82) is 0 Å². The summed E-state index contributed by atoms with van der Waals surface area (Å²) < 4.78 is 5.06. The highest BCUT2D eigenvalue weighted by atomic mass is 16.5. The highest BCUT2D eigenvalue weighted by Crippen LogP contribution is 2.22. The number of carbonyl (C=O) groups is 2. The molecule has 3 N–H and O–H groups in total. The molecule has 1 atom stereocenters. The first-order valence-corrected chi connectivity index (χ1v) is 5.49. The molecule has 1 aromatic carbocycles. The Hall–Kier alpha value is -2.08. The number of ether oxygens (including phenoxy) is 1. The first kappa shape index (κ1) is 12.4. The van der Waals surface area contributed by atoms with E-state index in [1.165, 1.54) is 0 Å². The van der Waals surface area contributed by atoms with Crippen molar-refractivity contribution < 1.29 is 24.5 Å². The molecule has 0 saturated heterocycles. The van der Waals surface area contributed by atoms with Crippen LogP contribution in [0.2, 0.25) is 0 Å². The average molecular weight is 251 g/mol. The van der Waals surface area contributed by atoms with Crippen LogP contribution in [0.4, 0.5) is 0 Å². The van der Waals surface area contributed by atoms with Crippen molar-refractivity contribution in [3.05, 3.63) is 29.3 Å². The average Bonchev–Trinajstić information content (AvgIpc) is 2.35. The van der Waals surface area contributed by atoms with E-state index < -0.39 is 24.6 Å². The Bertz CT molecular complexity index is 485. The molecule has 6 heteroatoms.